The number of carbonyl (C=O) groups is 2. The molecular weight excluding hydrogens is 298 g/mol. The van der Waals surface area contributed by atoms with E-state index in [1.54, 1.807) is 11.4 Å². The average Bonchev–Trinajstić information content (AvgIpc) is 3.04. The molecule has 0 aliphatic rings. The first-order chi connectivity index (χ1) is 9.58. The van der Waals surface area contributed by atoms with Gasteiger partial charge in [-0.25, -0.2) is 4.79 Å². The number of carboxylic acids is 1. The molecule has 2 aromatic rings. The van der Waals surface area contributed by atoms with E-state index in [-0.39, 0.29) is 5.91 Å². The molecular formula is C12H11N3O3S2. The lowest BCUT2D eigenvalue weighted by Gasteiger charge is -1.96. The van der Waals surface area contributed by atoms with Crippen molar-refractivity contribution in [3.63, 3.8) is 0 Å². The Morgan fingerprint density at radius 1 is 1.45 bits per heavy atom. The molecule has 0 unspecified atom stereocenters. The molecule has 104 valence electrons. The fourth-order valence-electron chi connectivity index (χ4n) is 1.33. The maximum Gasteiger partial charge on any atom is 0.328 e. The second-order valence-corrected chi connectivity index (χ2v) is 5.72. The van der Waals surface area contributed by atoms with Crippen molar-refractivity contribution < 1.29 is 14.7 Å². The van der Waals surface area contributed by atoms with Gasteiger partial charge in [0.2, 0.25) is 5.13 Å². The molecule has 8 heteroatoms. The number of aryl methyl sites for hydroxylation is 1. The van der Waals surface area contributed by atoms with E-state index in [1.807, 2.05) is 6.92 Å². The van der Waals surface area contributed by atoms with Crippen LogP contribution in [-0.2, 0) is 11.2 Å². The Morgan fingerprint density at radius 3 is 2.90 bits per heavy atom. The second-order valence-electron chi connectivity index (χ2n) is 3.72. The Labute approximate surface area is 122 Å². The zero-order valence-corrected chi connectivity index (χ0v) is 12.1. The third-order valence-corrected chi connectivity index (χ3v) is 4.14. The van der Waals surface area contributed by atoms with Crippen LogP contribution in [0.25, 0.3) is 6.08 Å². The van der Waals surface area contributed by atoms with Gasteiger partial charge in [-0.2, -0.15) is 0 Å². The minimum absolute atomic E-state index is 0.282. The summed E-state index contributed by atoms with van der Waals surface area (Å²) in [6, 6.07) is 1.63. The summed E-state index contributed by atoms with van der Waals surface area (Å²) in [6.07, 6.45) is 3.26. The van der Waals surface area contributed by atoms with Crippen molar-refractivity contribution in [1.29, 1.82) is 0 Å². The van der Waals surface area contributed by atoms with Gasteiger partial charge in [0.25, 0.3) is 5.91 Å². The van der Waals surface area contributed by atoms with Crippen LogP contribution < -0.4 is 5.32 Å². The predicted octanol–water partition coefficient (Wildman–Crippen LogP) is 2.51. The van der Waals surface area contributed by atoms with Gasteiger partial charge in [0, 0.05) is 16.3 Å². The molecule has 2 aromatic heterocycles. The van der Waals surface area contributed by atoms with Crippen LogP contribution in [0.4, 0.5) is 5.13 Å². The van der Waals surface area contributed by atoms with Crippen LogP contribution in [0.15, 0.2) is 17.5 Å². The minimum atomic E-state index is -1.02. The first-order valence-electron chi connectivity index (χ1n) is 5.71. The van der Waals surface area contributed by atoms with E-state index in [9.17, 15) is 9.59 Å². The fraction of sp³-hybridized carbons (Fsp3) is 0.167. The number of nitrogens with zero attached hydrogens (tertiary/aromatic N) is 2. The van der Waals surface area contributed by atoms with Crippen LogP contribution >= 0.6 is 22.7 Å². The summed E-state index contributed by atoms with van der Waals surface area (Å²) in [7, 11) is 0. The van der Waals surface area contributed by atoms with E-state index in [0.29, 0.717) is 15.6 Å². The SMILES string of the molecule is CCc1nnc(NC(=O)c2csc(/C=C/C(=O)O)c2)s1. The summed E-state index contributed by atoms with van der Waals surface area (Å²) in [4.78, 5) is 23.1. The van der Waals surface area contributed by atoms with E-state index in [0.717, 1.165) is 17.5 Å². The third kappa shape index (κ3) is 3.72. The normalized spacial score (nSPS) is 10.8. The summed E-state index contributed by atoms with van der Waals surface area (Å²) in [5.41, 5.74) is 0.466. The van der Waals surface area contributed by atoms with Crippen molar-refractivity contribution in [1.82, 2.24) is 10.2 Å². The number of rotatable bonds is 5. The summed E-state index contributed by atoms with van der Waals surface area (Å²) in [5.74, 6) is -1.31. The van der Waals surface area contributed by atoms with E-state index >= 15 is 0 Å². The quantitative estimate of drug-likeness (QED) is 0.828. The largest absolute Gasteiger partial charge is 0.478 e. The number of anilines is 1. The van der Waals surface area contributed by atoms with Gasteiger partial charge in [0.15, 0.2) is 0 Å². The summed E-state index contributed by atoms with van der Waals surface area (Å²) >= 11 is 2.63. The number of carboxylic acid groups (broad SMARTS) is 1. The van der Waals surface area contributed by atoms with E-state index in [4.69, 9.17) is 5.11 Å². The fourth-order valence-corrected chi connectivity index (χ4v) is 2.78. The molecule has 20 heavy (non-hydrogen) atoms. The Morgan fingerprint density at radius 2 is 2.25 bits per heavy atom. The van der Waals surface area contributed by atoms with Crippen LogP contribution in [0.1, 0.15) is 27.2 Å². The van der Waals surface area contributed by atoms with E-state index in [2.05, 4.69) is 15.5 Å². The lowest BCUT2D eigenvalue weighted by Crippen LogP contribution is -2.10. The minimum Gasteiger partial charge on any atom is -0.478 e. The van der Waals surface area contributed by atoms with Crippen molar-refractivity contribution in [2.24, 2.45) is 0 Å². The molecule has 0 aliphatic heterocycles. The average molecular weight is 309 g/mol. The standard InChI is InChI=1S/C12H11N3O3S2/c1-2-9-14-15-12(20-9)13-11(18)7-5-8(19-6-7)3-4-10(16)17/h3-6H,2H2,1H3,(H,16,17)(H,13,15,18)/b4-3+. The number of carbonyl (C=O) groups excluding carboxylic acids is 1. The maximum absolute atomic E-state index is 12.0. The molecule has 1 amide bonds. The molecule has 6 nitrogen and oxygen atoms in total. The molecule has 0 saturated heterocycles. The zero-order chi connectivity index (χ0) is 14.5. The highest BCUT2D eigenvalue weighted by molar-refractivity contribution is 7.15. The topological polar surface area (TPSA) is 92.2 Å². The number of amides is 1. The summed E-state index contributed by atoms with van der Waals surface area (Å²) < 4.78 is 0. The molecule has 2 rings (SSSR count). The number of thiophene rings is 1. The van der Waals surface area contributed by atoms with Gasteiger partial charge < -0.3 is 5.11 Å². The number of aliphatic carboxylic acids is 1. The maximum atomic E-state index is 12.0. The van der Waals surface area contributed by atoms with Gasteiger partial charge in [-0.1, -0.05) is 18.3 Å². The van der Waals surface area contributed by atoms with Crippen molar-refractivity contribution in [2.45, 2.75) is 13.3 Å². The molecule has 0 atom stereocenters. The number of hydrogen-bond donors (Lipinski definition) is 2. The summed E-state index contributed by atoms with van der Waals surface area (Å²) in [5, 5.41) is 22.0. The molecule has 2 N–H and O–H groups in total. The van der Waals surface area contributed by atoms with Crippen LogP contribution in [0, 0.1) is 0 Å². The Balaban J connectivity index is 2.04. The number of aromatic nitrogens is 2. The molecule has 0 aromatic carbocycles. The highest BCUT2D eigenvalue weighted by Gasteiger charge is 2.11. The van der Waals surface area contributed by atoms with E-state index in [1.165, 1.54) is 28.7 Å². The van der Waals surface area contributed by atoms with Crippen LogP contribution in [0.2, 0.25) is 0 Å². The van der Waals surface area contributed by atoms with Crippen LogP contribution in [0.5, 0.6) is 0 Å². The molecule has 0 saturated carbocycles. The molecule has 2 heterocycles. The molecule has 0 bridgehead atoms. The number of hydrogen-bond acceptors (Lipinski definition) is 6. The first-order valence-corrected chi connectivity index (χ1v) is 7.41. The molecule has 0 spiro atoms. The highest BCUT2D eigenvalue weighted by Crippen LogP contribution is 2.20. The van der Waals surface area contributed by atoms with Gasteiger partial charge in [-0.15, -0.1) is 21.5 Å². The smallest absolute Gasteiger partial charge is 0.328 e. The third-order valence-electron chi connectivity index (χ3n) is 2.26. The van der Waals surface area contributed by atoms with Crippen molar-refractivity contribution in [3.8, 4) is 0 Å². The van der Waals surface area contributed by atoms with Crippen molar-refractivity contribution >= 4 is 45.8 Å². The lowest BCUT2D eigenvalue weighted by molar-refractivity contribution is -0.131. The van der Waals surface area contributed by atoms with Crippen LogP contribution in [-0.4, -0.2) is 27.2 Å². The van der Waals surface area contributed by atoms with Crippen molar-refractivity contribution in [2.75, 3.05) is 5.32 Å². The summed E-state index contributed by atoms with van der Waals surface area (Å²) in [6.45, 7) is 1.96. The predicted molar refractivity (Wildman–Crippen MR) is 78.2 cm³/mol. The monoisotopic (exact) mass is 309 g/mol. The zero-order valence-electron chi connectivity index (χ0n) is 10.5. The number of nitrogens with one attached hydrogen (secondary N) is 1. The van der Waals surface area contributed by atoms with Gasteiger partial charge >= 0.3 is 5.97 Å². The van der Waals surface area contributed by atoms with Gasteiger partial charge in [0.05, 0.1) is 5.56 Å². The lowest BCUT2D eigenvalue weighted by atomic mass is 10.3. The highest BCUT2D eigenvalue weighted by atomic mass is 32.1. The first kappa shape index (κ1) is 14.4. The van der Waals surface area contributed by atoms with Gasteiger partial charge in [0.1, 0.15) is 5.01 Å². The Hall–Kier alpha value is -2.06. The molecule has 0 aliphatic carbocycles. The van der Waals surface area contributed by atoms with Gasteiger partial charge in [-0.3, -0.25) is 10.1 Å². The van der Waals surface area contributed by atoms with Crippen LogP contribution in [0.3, 0.4) is 0 Å². The Bertz CT molecular complexity index is 660. The molecule has 0 fully saturated rings. The van der Waals surface area contributed by atoms with E-state index < -0.39 is 5.97 Å². The van der Waals surface area contributed by atoms with Crippen molar-refractivity contribution in [3.05, 3.63) is 33.0 Å². The molecule has 0 radical (unpaired) electrons. The Kier molecular flexibility index (Phi) is 4.59. The van der Waals surface area contributed by atoms with Gasteiger partial charge in [-0.05, 0) is 18.6 Å². The second kappa shape index (κ2) is 6.40.